The molecule has 0 unspecified atom stereocenters. The molecule has 0 aromatic heterocycles. The van der Waals surface area contributed by atoms with Gasteiger partial charge in [0.05, 0.1) is 0 Å². The summed E-state index contributed by atoms with van der Waals surface area (Å²) < 4.78 is 5.15. The van der Waals surface area contributed by atoms with E-state index in [1.54, 1.807) is 24.3 Å². The third kappa shape index (κ3) is 2.61. The third-order valence-electron chi connectivity index (χ3n) is 3.27. The van der Waals surface area contributed by atoms with Gasteiger partial charge in [-0.25, -0.2) is 4.79 Å². The van der Waals surface area contributed by atoms with Crippen molar-refractivity contribution in [3.05, 3.63) is 30.3 Å². The van der Waals surface area contributed by atoms with E-state index in [2.05, 4.69) is 5.32 Å². The molecule has 1 fully saturated rings. The molecule has 0 radical (unpaired) electrons. The highest BCUT2D eigenvalue weighted by Gasteiger charge is 2.39. The monoisotopic (exact) mass is 247 g/mol. The van der Waals surface area contributed by atoms with Crippen LogP contribution in [-0.4, -0.2) is 17.5 Å². The lowest BCUT2D eigenvalue weighted by molar-refractivity contribution is 0.192. The maximum Gasteiger partial charge on any atom is 0.413 e. The minimum absolute atomic E-state index is 0.00464. The number of nitrogens with two attached hydrogens (primary N) is 1. The van der Waals surface area contributed by atoms with Gasteiger partial charge in [-0.3, -0.25) is 5.41 Å². The number of hydrogen-bond acceptors (Lipinski definition) is 3. The van der Waals surface area contributed by atoms with Gasteiger partial charge in [0.25, 0.3) is 0 Å². The molecule has 0 bridgehead atoms. The molecular weight excluding hydrogens is 230 g/mol. The second kappa shape index (κ2) is 5.08. The number of ether oxygens (including phenoxy) is 1. The van der Waals surface area contributed by atoms with Crippen LogP contribution >= 0.6 is 0 Å². The van der Waals surface area contributed by atoms with E-state index in [0.29, 0.717) is 18.6 Å². The van der Waals surface area contributed by atoms with E-state index >= 15 is 0 Å². The first-order valence-corrected chi connectivity index (χ1v) is 6.02. The van der Waals surface area contributed by atoms with E-state index in [1.165, 1.54) is 0 Å². The molecular formula is C13H17N3O2. The second-order valence-electron chi connectivity index (χ2n) is 4.53. The summed E-state index contributed by atoms with van der Waals surface area (Å²) in [6.45, 7) is 0. The fraction of sp³-hybridized carbons (Fsp3) is 0.385. The van der Waals surface area contributed by atoms with Crippen LogP contribution in [0, 0.1) is 5.41 Å². The summed E-state index contributed by atoms with van der Waals surface area (Å²) in [4.78, 5) is 11.8. The summed E-state index contributed by atoms with van der Waals surface area (Å²) in [5, 5.41) is 10.3. The van der Waals surface area contributed by atoms with Gasteiger partial charge < -0.3 is 15.8 Å². The molecule has 4 N–H and O–H groups in total. The molecule has 1 aromatic rings. The predicted octanol–water partition coefficient (Wildman–Crippen LogP) is 2.02. The van der Waals surface area contributed by atoms with Crippen molar-refractivity contribution in [3.8, 4) is 5.75 Å². The Morgan fingerprint density at radius 1 is 1.28 bits per heavy atom. The highest BCUT2D eigenvalue weighted by molar-refractivity contribution is 5.91. The lowest BCUT2D eigenvalue weighted by atomic mass is 9.96. The van der Waals surface area contributed by atoms with Crippen molar-refractivity contribution in [1.29, 1.82) is 5.41 Å². The molecule has 0 atom stereocenters. The molecule has 5 heteroatoms. The molecule has 1 saturated carbocycles. The number of benzene rings is 1. The summed E-state index contributed by atoms with van der Waals surface area (Å²) in [5.74, 6) is 0.483. The SMILES string of the molecule is N=C(N)C1(NC(=O)Oc2ccccc2)CCCC1. The number of nitrogens with one attached hydrogen (secondary N) is 2. The summed E-state index contributed by atoms with van der Waals surface area (Å²) in [6.07, 6.45) is 2.77. The Morgan fingerprint density at radius 3 is 2.44 bits per heavy atom. The van der Waals surface area contributed by atoms with Crippen molar-refractivity contribution in [2.24, 2.45) is 5.73 Å². The van der Waals surface area contributed by atoms with Gasteiger partial charge in [-0.15, -0.1) is 0 Å². The first kappa shape index (κ1) is 12.4. The maximum absolute atomic E-state index is 11.8. The standard InChI is InChI=1S/C13H17N3O2/c14-11(15)13(8-4-5-9-13)16-12(17)18-10-6-2-1-3-7-10/h1-3,6-7H,4-5,8-9H2,(H3,14,15)(H,16,17). The average Bonchev–Trinajstić information content (AvgIpc) is 2.80. The number of carbonyl (C=O) groups is 1. The second-order valence-corrected chi connectivity index (χ2v) is 4.53. The number of rotatable bonds is 3. The van der Waals surface area contributed by atoms with Crippen LogP contribution in [0.15, 0.2) is 30.3 Å². The fourth-order valence-corrected chi connectivity index (χ4v) is 2.26. The summed E-state index contributed by atoms with van der Waals surface area (Å²) in [7, 11) is 0. The molecule has 18 heavy (non-hydrogen) atoms. The van der Waals surface area contributed by atoms with Gasteiger partial charge in [0, 0.05) is 0 Å². The molecule has 0 spiro atoms. The molecule has 1 aromatic carbocycles. The molecule has 1 aliphatic carbocycles. The van der Waals surface area contributed by atoms with Crippen molar-refractivity contribution in [2.45, 2.75) is 31.2 Å². The predicted molar refractivity (Wildman–Crippen MR) is 68.7 cm³/mol. The van der Waals surface area contributed by atoms with Gasteiger partial charge in [-0.1, -0.05) is 31.0 Å². The first-order valence-electron chi connectivity index (χ1n) is 6.02. The first-order chi connectivity index (χ1) is 8.62. The summed E-state index contributed by atoms with van der Waals surface area (Å²) >= 11 is 0. The lowest BCUT2D eigenvalue weighted by Gasteiger charge is -2.28. The molecule has 1 aliphatic rings. The van der Waals surface area contributed by atoms with Crippen LogP contribution < -0.4 is 15.8 Å². The normalized spacial score (nSPS) is 17.1. The van der Waals surface area contributed by atoms with Crippen molar-refractivity contribution in [1.82, 2.24) is 5.32 Å². The minimum Gasteiger partial charge on any atom is -0.410 e. The van der Waals surface area contributed by atoms with Crippen LogP contribution in [0.3, 0.4) is 0 Å². The van der Waals surface area contributed by atoms with Crippen LogP contribution in [0.1, 0.15) is 25.7 Å². The molecule has 0 aliphatic heterocycles. The average molecular weight is 247 g/mol. The zero-order chi connectivity index (χ0) is 13.0. The lowest BCUT2D eigenvalue weighted by Crippen LogP contribution is -2.56. The highest BCUT2D eigenvalue weighted by Crippen LogP contribution is 2.29. The van der Waals surface area contributed by atoms with E-state index in [9.17, 15) is 4.79 Å². The zero-order valence-electron chi connectivity index (χ0n) is 10.1. The number of carbonyl (C=O) groups excluding carboxylic acids is 1. The molecule has 2 rings (SSSR count). The topological polar surface area (TPSA) is 88.2 Å². The Hall–Kier alpha value is -2.04. The van der Waals surface area contributed by atoms with Crippen molar-refractivity contribution in [2.75, 3.05) is 0 Å². The van der Waals surface area contributed by atoms with Crippen LogP contribution in [0.5, 0.6) is 5.75 Å². The smallest absolute Gasteiger partial charge is 0.410 e. The Kier molecular flexibility index (Phi) is 3.50. The molecule has 1 amide bonds. The third-order valence-corrected chi connectivity index (χ3v) is 3.27. The van der Waals surface area contributed by atoms with Crippen molar-refractivity contribution in [3.63, 3.8) is 0 Å². The van der Waals surface area contributed by atoms with Gasteiger partial charge in [-0.05, 0) is 25.0 Å². The van der Waals surface area contributed by atoms with Crippen molar-refractivity contribution < 1.29 is 9.53 Å². The van der Waals surface area contributed by atoms with Crippen LogP contribution in [0.4, 0.5) is 4.79 Å². The molecule has 0 heterocycles. The fourth-order valence-electron chi connectivity index (χ4n) is 2.26. The Morgan fingerprint density at radius 2 is 1.89 bits per heavy atom. The van der Waals surface area contributed by atoms with Gasteiger partial charge >= 0.3 is 6.09 Å². The largest absolute Gasteiger partial charge is 0.413 e. The van der Waals surface area contributed by atoms with Crippen LogP contribution in [0.2, 0.25) is 0 Å². The molecule has 5 nitrogen and oxygen atoms in total. The van der Waals surface area contributed by atoms with Gasteiger partial charge in [0.2, 0.25) is 0 Å². The number of hydrogen-bond donors (Lipinski definition) is 3. The molecule has 96 valence electrons. The van der Waals surface area contributed by atoms with E-state index in [-0.39, 0.29) is 5.84 Å². The van der Waals surface area contributed by atoms with Gasteiger partial charge in [0.15, 0.2) is 0 Å². The maximum atomic E-state index is 11.8. The Balaban J connectivity index is 2.00. The van der Waals surface area contributed by atoms with Crippen LogP contribution in [-0.2, 0) is 0 Å². The van der Waals surface area contributed by atoms with E-state index in [4.69, 9.17) is 15.9 Å². The summed E-state index contributed by atoms with van der Waals surface area (Å²) in [6, 6.07) is 8.83. The number of amidine groups is 1. The minimum atomic E-state index is -0.716. The molecule has 0 saturated heterocycles. The van der Waals surface area contributed by atoms with E-state index in [1.807, 2.05) is 6.07 Å². The number of para-hydroxylation sites is 1. The van der Waals surface area contributed by atoms with Gasteiger partial charge in [-0.2, -0.15) is 0 Å². The highest BCUT2D eigenvalue weighted by atomic mass is 16.6. The van der Waals surface area contributed by atoms with Gasteiger partial charge in [0.1, 0.15) is 17.1 Å². The Labute approximate surface area is 106 Å². The zero-order valence-corrected chi connectivity index (χ0v) is 10.1. The van der Waals surface area contributed by atoms with E-state index in [0.717, 1.165) is 12.8 Å². The van der Waals surface area contributed by atoms with Crippen molar-refractivity contribution >= 4 is 11.9 Å². The summed E-state index contributed by atoms with van der Waals surface area (Å²) in [5.41, 5.74) is 4.87. The van der Waals surface area contributed by atoms with Crippen LogP contribution in [0.25, 0.3) is 0 Å². The Bertz CT molecular complexity index is 439. The number of amides is 1. The van der Waals surface area contributed by atoms with E-state index < -0.39 is 11.6 Å². The quantitative estimate of drug-likeness (QED) is 0.564.